The lowest BCUT2D eigenvalue weighted by atomic mass is 10.1. The van der Waals surface area contributed by atoms with Crippen molar-refractivity contribution >= 4 is 11.6 Å². The maximum absolute atomic E-state index is 5.51. The average Bonchev–Trinajstić information content (AvgIpc) is 2.68. The highest BCUT2D eigenvalue weighted by Gasteiger charge is 2.24. The summed E-state index contributed by atoms with van der Waals surface area (Å²) < 4.78 is 5.51. The van der Waals surface area contributed by atoms with Gasteiger partial charge in [0.25, 0.3) is 0 Å². The third-order valence-corrected chi connectivity index (χ3v) is 3.02. The van der Waals surface area contributed by atoms with E-state index < -0.39 is 0 Å². The molecule has 0 aromatic carbocycles. The molecule has 88 valence electrons. The van der Waals surface area contributed by atoms with Crippen LogP contribution in [0.1, 0.15) is 18.9 Å². The molecule has 2 unspecified atom stereocenters. The minimum atomic E-state index is 0.243. The van der Waals surface area contributed by atoms with E-state index in [2.05, 4.69) is 27.5 Å². The van der Waals surface area contributed by atoms with Crippen LogP contribution in [0.25, 0.3) is 0 Å². The highest BCUT2D eigenvalue weighted by molar-refractivity contribution is 5.56. The predicted octanol–water partition coefficient (Wildman–Crippen LogP) is 1.42. The Morgan fingerprint density at radius 3 is 2.75 bits per heavy atom. The summed E-state index contributed by atoms with van der Waals surface area (Å²) in [4.78, 5) is 8.42. The smallest absolute Gasteiger partial charge is 0.134 e. The second kappa shape index (κ2) is 4.65. The van der Waals surface area contributed by atoms with Crippen LogP contribution in [0, 0.1) is 6.92 Å². The van der Waals surface area contributed by atoms with Gasteiger partial charge in [0.1, 0.15) is 18.0 Å². The SMILES string of the molecule is CNc1ncnc(NC2CCOC2C)c1C. The van der Waals surface area contributed by atoms with Crippen molar-refractivity contribution in [1.29, 1.82) is 0 Å². The van der Waals surface area contributed by atoms with Crippen LogP contribution in [-0.2, 0) is 4.74 Å². The molecule has 0 aliphatic carbocycles. The molecular formula is C11H18N4O. The van der Waals surface area contributed by atoms with Gasteiger partial charge in [-0.05, 0) is 20.3 Å². The van der Waals surface area contributed by atoms with Crippen LogP contribution in [0.3, 0.4) is 0 Å². The minimum absolute atomic E-state index is 0.243. The van der Waals surface area contributed by atoms with Gasteiger partial charge in [0.2, 0.25) is 0 Å². The van der Waals surface area contributed by atoms with Crippen molar-refractivity contribution in [3.05, 3.63) is 11.9 Å². The summed E-state index contributed by atoms with van der Waals surface area (Å²) in [7, 11) is 1.86. The highest BCUT2D eigenvalue weighted by atomic mass is 16.5. The van der Waals surface area contributed by atoms with Gasteiger partial charge >= 0.3 is 0 Å². The fourth-order valence-electron chi connectivity index (χ4n) is 1.94. The Kier molecular flexibility index (Phi) is 3.24. The van der Waals surface area contributed by atoms with Crippen LogP contribution in [0.15, 0.2) is 6.33 Å². The Morgan fingerprint density at radius 1 is 1.38 bits per heavy atom. The van der Waals surface area contributed by atoms with Crippen molar-refractivity contribution in [3.8, 4) is 0 Å². The molecule has 5 nitrogen and oxygen atoms in total. The lowest BCUT2D eigenvalue weighted by molar-refractivity contribution is 0.121. The second-order valence-electron chi connectivity index (χ2n) is 4.06. The van der Waals surface area contributed by atoms with Crippen molar-refractivity contribution in [2.24, 2.45) is 0 Å². The number of ether oxygens (including phenoxy) is 1. The van der Waals surface area contributed by atoms with E-state index in [9.17, 15) is 0 Å². The van der Waals surface area contributed by atoms with Gasteiger partial charge in [-0.15, -0.1) is 0 Å². The first-order valence-electron chi connectivity index (χ1n) is 5.60. The van der Waals surface area contributed by atoms with Crippen LogP contribution in [0.2, 0.25) is 0 Å². The van der Waals surface area contributed by atoms with Gasteiger partial charge in [0.05, 0.1) is 12.1 Å². The molecule has 0 bridgehead atoms. The summed E-state index contributed by atoms with van der Waals surface area (Å²) >= 11 is 0. The van der Waals surface area contributed by atoms with E-state index in [1.807, 2.05) is 14.0 Å². The third-order valence-electron chi connectivity index (χ3n) is 3.02. The first kappa shape index (κ1) is 11.1. The van der Waals surface area contributed by atoms with E-state index in [1.165, 1.54) is 0 Å². The highest BCUT2D eigenvalue weighted by Crippen LogP contribution is 2.22. The molecule has 1 aromatic heterocycles. The second-order valence-corrected chi connectivity index (χ2v) is 4.06. The standard InChI is InChI=1S/C11H18N4O/c1-7-10(12-3)13-6-14-11(7)15-9-4-5-16-8(9)2/h6,8-9H,4-5H2,1-3H3,(H2,12,13,14,15). The normalized spacial score (nSPS) is 24.4. The fourth-order valence-corrected chi connectivity index (χ4v) is 1.94. The lowest BCUT2D eigenvalue weighted by Crippen LogP contribution is -2.27. The molecule has 0 radical (unpaired) electrons. The number of aromatic nitrogens is 2. The van der Waals surface area contributed by atoms with Gasteiger partial charge in [-0.2, -0.15) is 0 Å². The summed E-state index contributed by atoms with van der Waals surface area (Å²) in [5.41, 5.74) is 1.05. The van der Waals surface area contributed by atoms with E-state index in [0.29, 0.717) is 6.04 Å². The largest absolute Gasteiger partial charge is 0.376 e. The number of nitrogens with one attached hydrogen (secondary N) is 2. The molecule has 0 spiro atoms. The van der Waals surface area contributed by atoms with Crippen molar-refractivity contribution in [2.45, 2.75) is 32.4 Å². The minimum Gasteiger partial charge on any atom is -0.376 e. The molecule has 2 N–H and O–H groups in total. The number of nitrogens with zero attached hydrogens (tertiary/aromatic N) is 2. The van der Waals surface area contributed by atoms with E-state index in [4.69, 9.17) is 4.74 Å². The third kappa shape index (κ3) is 2.09. The van der Waals surface area contributed by atoms with E-state index in [1.54, 1.807) is 6.33 Å². The molecule has 2 heterocycles. The molecule has 1 aliphatic heterocycles. The van der Waals surface area contributed by atoms with Crippen molar-refractivity contribution in [1.82, 2.24) is 9.97 Å². The van der Waals surface area contributed by atoms with Gasteiger partial charge in [-0.3, -0.25) is 0 Å². The van der Waals surface area contributed by atoms with Gasteiger partial charge in [-0.25, -0.2) is 9.97 Å². The molecule has 16 heavy (non-hydrogen) atoms. The summed E-state index contributed by atoms with van der Waals surface area (Å²) in [6, 6.07) is 0.346. The Balaban J connectivity index is 2.14. The van der Waals surface area contributed by atoms with Crippen LogP contribution < -0.4 is 10.6 Å². The predicted molar refractivity (Wildman–Crippen MR) is 63.8 cm³/mol. The number of hydrogen-bond acceptors (Lipinski definition) is 5. The number of anilines is 2. The van der Waals surface area contributed by atoms with Gasteiger partial charge in [-0.1, -0.05) is 0 Å². The number of rotatable bonds is 3. The molecular weight excluding hydrogens is 204 g/mol. The maximum atomic E-state index is 5.51. The zero-order valence-electron chi connectivity index (χ0n) is 9.95. The van der Waals surface area contributed by atoms with Crippen LogP contribution >= 0.6 is 0 Å². The van der Waals surface area contributed by atoms with Crippen molar-refractivity contribution < 1.29 is 4.74 Å². The Morgan fingerprint density at radius 2 is 2.12 bits per heavy atom. The molecule has 2 rings (SSSR count). The molecule has 1 fully saturated rings. The van der Waals surface area contributed by atoms with Crippen LogP contribution in [0.4, 0.5) is 11.6 Å². The van der Waals surface area contributed by atoms with E-state index in [-0.39, 0.29) is 6.10 Å². The van der Waals surface area contributed by atoms with Crippen LogP contribution in [0.5, 0.6) is 0 Å². The number of hydrogen-bond donors (Lipinski definition) is 2. The zero-order valence-corrected chi connectivity index (χ0v) is 9.95. The summed E-state index contributed by atoms with van der Waals surface area (Å²) in [5.74, 6) is 1.76. The fraction of sp³-hybridized carbons (Fsp3) is 0.636. The Bertz CT molecular complexity index is 369. The monoisotopic (exact) mass is 222 g/mol. The zero-order chi connectivity index (χ0) is 11.5. The quantitative estimate of drug-likeness (QED) is 0.810. The Labute approximate surface area is 95.6 Å². The summed E-state index contributed by atoms with van der Waals surface area (Å²) in [5, 5.41) is 6.47. The molecule has 1 saturated heterocycles. The van der Waals surface area contributed by atoms with Gasteiger partial charge in [0, 0.05) is 19.2 Å². The van der Waals surface area contributed by atoms with Crippen molar-refractivity contribution in [3.63, 3.8) is 0 Å². The molecule has 1 aliphatic rings. The van der Waals surface area contributed by atoms with Gasteiger partial charge < -0.3 is 15.4 Å². The summed E-state index contributed by atoms with van der Waals surface area (Å²) in [6.07, 6.45) is 2.84. The average molecular weight is 222 g/mol. The Hall–Kier alpha value is -1.36. The van der Waals surface area contributed by atoms with E-state index >= 15 is 0 Å². The maximum Gasteiger partial charge on any atom is 0.134 e. The molecule has 2 atom stereocenters. The molecule has 0 amide bonds. The lowest BCUT2D eigenvalue weighted by Gasteiger charge is -2.18. The first-order valence-corrected chi connectivity index (χ1v) is 5.60. The van der Waals surface area contributed by atoms with Gasteiger partial charge in [0.15, 0.2) is 0 Å². The van der Waals surface area contributed by atoms with E-state index in [0.717, 1.165) is 30.2 Å². The molecule has 1 aromatic rings. The molecule has 0 saturated carbocycles. The molecule has 5 heteroatoms. The first-order chi connectivity index (χ1) is 7.72. The van der Waals surface area contributed by atoms with Crippen molar-refractivity contribution in [2.75, 3.05) is 24.3 Å². The summed E-state index contributed by atoms with van der Waals surface area (Å²) in [6.45, 7) is 4.91. The topological polar surface area (TPSA) is 59.1 Å². The van der Waals surface area contributed by atoms with Crippen LogP contribution in [-0.4, -0.2) is 35.8 Å².